The number of hydrogen-bond acceptors (Lipinski definition) is 5. The first-order chi connectivity index (χ1) is 12.9. The van der Waals surface area contributed by atoms with Gasteiger partial charge in [-0.25, -0.2) is 0 Å². The fourth-order valence-corrected chi connectivity index (χ4v) is 3.29. The first kappa shape index (κ1) is 22.5. The Hall–Kier alpha value is -1.81. The minimum atomic E-state index is -4.44. The van der Waals surface area contributed by atoms with E-state index in [1.54, 1.807) is 24.3 Å². The van der Waals surface area contributed by atoms with Crippen LogP contribution in [0.15, 0.2) is 28.7 Å². The molecule has 0 radical (unpaired) electrons. The van der Waals surface area contributed by atoms with Gasteiger partial charge in [0.05, 0.1) is 6.61 Å². The zero-order valence-corrected chi connectivity index (χ0v) is 16.2. The van der Waals surface area contributed by atoms with E-state index in [0.717, 1.165) is 0 Å². The van der Waals surface area contributed by atoms with Crippen LogP contribution in [-0.4, -0.2) is 62.9 Å². The van der Waals surface area contributed by atoms with Crippen molar-refractivity contribution < 1.29 is 27.1 Å². The molecular formula is C18H23ClF3N3O3. The number of fused-ring (bicyclic) bond motifs is 1. The molecule has 2 heterocycles. The van der Waals surface area contributed by atoms with Crippen LogP contribution in [0, 0.1) is 0 Å². The highest BCUT2D eigenvalue weighted by Gasteiger charge is 2.44. The summed E-state index contributed by atoms with van der Waals surface area (Å²) in [5.41, 5.74) is 1.01. The van der Waals surface area contributed by atoms with Crippen molar-refractivity contribution in [1.29, 1.82) is 0 Å². The maximum Gasteiger partial charge on any atom is 0.405 e. The highest BCUT2D eigenvalue weighted by atomic mass is 35.5. The third kappa shape index (κ3) is 4.96. The molecule has 0 saturated carbocycles. The number of ether oxygens (including phenoxy) is 1. The van der Waals surface area contributed by atoms with Crippen LogP contribution in [0.1, 0.15) is 16.1 Å². The molecule has 2 N–H and O–H groups in total. The molecule has 2 aromatic rings. The highest BCUT2D eigenvalue weighted by molar-refractivity contribution is 5.99. The number of piperazine rings is 1. The third-order valence-electron chi connectivity index (χ3n) is 4.62. The van der Waals surface area contributed by atoms with Gasteiger partial charge in [-0.15, -0.1) is 12.4 Å². The highest BCUT2D eigenvalue weighted by Crippen LogP contribution is 2.27. The average molecular weight is 422 g/mol. The van der Waals surface area contributed by atoms with Crippen molar-refractivity contribution in [2.45, 2.75) is 18.8 Å². The van der Waals surface area contributed by atoms with E-state index in [1.807, 2.05) is 0 Å². The largest absolute Gasteiger partial charge is 0.451 e. The Morgan fingerprint density at radius 3 is 2.64 bits per heavy atom. The number of amides is 1. The Balaban J connectivity index is 0.00000280. The molecular weight excluding hydrogens is 399 g/mol. The summed E-state index contributed by atoms with van der Waals surface area (Å²) in [6.07, 6.45) is -4.44. The van der Waals surface area contributed by atoms with Gasteiger partial charge < -0.3 is 19.8 Å². The number of carbonyl (C=O) groups is 1. The monoisotopic (exact) mass is 421 g/mol. The van der Waals surface area contributed by atoms with Gasteiger partial charge in [-0.1, -0.05) is 18.2 Å². The summed E-state index contributed by atoms with van der Waals surface area (Å²) in [6.45, 7) is 1.12. The molecule has 1 aromatic heterocycles. The lowest BCUT2D eigenvalue weighted by Crippen LogP contribution is -2.57. The number of hydrogen-bond donors (Lipinski definition) is 2. The molecule has 6 nitrogen and oxygen atoms in total. The minimum Gasteiger partial charge on any atom is -0.451 e. The molecule has 0 aliphatic carbocycles. The molecule has 10 heteroatoms. The molecule has 1 unspecified atom stereocenters. The van der Waals surface area contributed by atoms with Gasteiger partial charge in [-0.3, -0.25) is 9.69 Å². The number of nitrogens with one attached hydrogen (secondary N) is 2. The SMILES string of the molecule is COCc1c(C(=O)NCC(N2CCNCC2)C(F)(F)F)oc2ccccc12.Cl. The van der Waals surface area contributed by atoms with Crippen molar-refractivity contribution >= 4 is 29.3 Å². The number of furan rings is 1. The number of methoxy groups -OCH3 is 1. The molecule has 1 aromatic carbocycles. The van der Waals surface area contributed by atoms with Gasteiger partial charge in [-0.2, -0.15) is 13.2 Å². The van der Waals surface area contributed by atoms with Gasteiger partial charge >= 0.3 is 6.18 Å². The molecule has 1 saturated heterocycles. The van der Waals surface area contributed by atoms with Gasteiger partial charge in [0.1, 0.15) is 11.6 Å². The van der Waals surface area contributed by atoms with Crippen LogP contribution < -0.4 is 10.6 Å². The molecule has 1 aliphatic heterocycles. The van der Waals surface area contributed by atoms with Crippen molar-refractivity contribution in [2.75, 3.05) is 39.8 Å². The Bertz CT molecular complexity index is 791. The molecule has 1 fully saturated rings. The summed E-state index contributed by atoms with van der Waals surface area (Å²) in [5, 5.41) is 6.12. The maximum absolute atomic E-state index is 13.5. The van der Waals surface area contributed by atoms with E-state index in [9.17, 15) is 18.0 Å². The molecule has 1 atom stereocenters. The minimum absolute atomic E-state index is 0. The van der Waals surface area contributed by atoms with E-state index in [4.69, 9.17) is 9.15 Å². The maximum atomic E-state index is 13.5. The molecule has 28 heavy (non-hydrogen) atoms. The quantitative estimate of drug-likeness (QED) is 0.750. The molecule has 156 valence electrons. The van der Waals surface area contributed by atoms with Crippen molar-refractivity contribution in [3.8, 4) is 0 Å². The number of alkyl halides is 3. The predicted molar refractivity (Wildman–Crippen MR) is 101 cm³/mol. The van der Waals surface area contributed by atoms with Crippen LogP contribution in [-0.2, 0) is 11.3 Å². The third-order valence-corrected chi connectivity index (χ3v) is 4.62. The number of halogens is 4. The Morgan fingerprint density at radius 2 is 2.00 bits per heavy atom. The molecule has 0 bridgehead atoms. The van der Waals surface area contributed by atoms with Crippen LogP contribution in [0.4, 0.5) is 13.2 Å². The molecule has 1 amide bonds. The summed E-state index contributed by atoms with van der Waals surface area (Å²) in [5.74, 6) is -0.693. The first-order valence-corrected chi connectivity index (χ1v) is 8.71. The van der Waals surface area contributed by atoms with Crippen LogP contribution in [0.25, 0.3) is 11.0 Å². The fourth-order valence-electron chi connectivity index (χ4n) is 3.29. The summed E-state index contributed by atoms with van der Waals surface area (Å²) in [7, 11) is 1.48. The van der Waals surface area contributed by atoms with Crippen molar-refractivity contribution in [3.63, 3.8) is 0 Å². The molecule has 1 aliphatic rings. The second-order valence-electron chi connectivity index (χ2n) is 6.39. The fraction of sp³-hybridized carbons (Fsp3) is 0.500. The normalized spacial score (nSPS) is 16.6. The predicted octanol–water partition coefficient (Wildman–Crippen LogP) is 2.57. The second-order valence-corrected chi connectivity index (χ2v) is 6.39. The zero-order chi connectivity index (χ0) is 19.4. The number of benzene rings is 1. The van der Waals surface area contributed by atoms with Crippen LogP contribution >= 0.6 is 12.4 Å². The lowest BCUT2D eigenvalue weighted by Gasteiger charge is -2.35. The average Bonchev–Trinajstić information content (AvgIpc) is 3.01. The van der Waals surface area contributed by atoms with E-state index in [-0.39, 0.29) is 37.9 Å². The second kappa shape index (κ2) is 9.60. The van der Waals surface area contributed by atoms with Crippen molar-refractivity contribution in [2.24, 2.45) is 0 Å². The van der Waals surface area contributed by atoms with E-state index in [0.29, 0.717) is 29.6 Å². The summed E-state index contributed by atoms with van der Waals surface area (Å²) >= 11 is 0. The topological polar surface area (TPSA) is 66.7 Å². The smallest absolute Gasteiger partial charge is 0.405 e. The van der Waals surface area contributed by atoms with Crippen LogP contribution in [0.5, 0.6) is 0 Å². The lowest BCUT2D eigenvalue weighted by molar-refractivity contribution is -0.183. The molecule has 0 spiro atoms. The lowest BCUT2D eigenvalue weighted by atomic mass is 10.1. The van der Waals surface area contributed by atoms with E-state index in [1.165, 1.54) is 12.0 Å². The number of rotatable bonds is 6. The zero-order valence-electron chi connectivity index (χ0n) is 15.3. The Kier molecular flexibility index (Phi) is 7.70. The van der Waals surface area contributed by atoms with Crippen LogP contribution in [0.2, 0.25) is 0 Å². The van der Waals surface area contributed by atoms with Crippen LogP contribution in [0.3, 0.4) is 0 Å². The summed E-state index contributed by atoms with van der Waals surface area (Å²) < 4.78 is 51.1. The number of nitrogens with zero attached hydrogens (tertiary/aromatic N) is 1. The van der Waals surface area contributed by atoms with Gasteiger partial charge in [-0.05, 0) is 6.07 Å². The standard InChI is InChI=1S/C18H22F3N3O3.ClH/c1-26-11-13-12-4-2-3-5-14(12)27-16(13)17(25)23-10-15(18(19,20)21)24-8-6-22-7-9-24;/h2-5,15,22H,6-11H2,1H3,(H,23,25);1H. The summed E-state index contributed by atoms with van der Waals surface area (Å²) in [4.78, 5) is 13.9. The van der Waals surface area contributed by atoms with E-state index >= 15 is 0 Å². The van der Waals surface area contributed by atoms with Gasteiger partial charge in [0.15, 0.2) is 5.76 Å². The van der Waals surface area contributed by atoms with Crippen molar-refractivity contribution in [1.82, 2.24) is 15.5 Å². The van der Waals surface area contributed by atoms with Gasteiger partial charge in [0.25, 0.3) is 5.91 Å². The molecule has 3 rings (SSSR count). The van der Waals surface area contributed by atoms with E-state index in [2.05, 4.69) is 10.6 Å². The van der Waals surface area contributed by atoms with Gasteiger partial charge in [0, 0.05) is 50.8 Å². The number of carbonyl (C=O) groups excluding carboxylic acids is 1. The summed E-state index contributed by atoms with van der Waals surface area (Å²) in [6, 6.07) is 5.30. The van der Waals surface area contributed by atoms with Gasteiger partial charge in [0.2, 0.25) is 0 Å². The van der Waals surface area contributed by atoms with Crippen molar-refractivity contribution in [3.05, 3.63) is 35.6 Å². The Labute approximate surface area is 166 Å². The first-order valence-electron chi connectivity index (χ1n) is 8.71. The Morgan fingerprint density at radius 1 is 1.32 bits per heavy atom. The van der Waals surface area contributed by atoms with E-state index < -0.39 is 24.7 Å². The number of para-hydroxylation sites is 1.